The summed E-state index contributed by atoms with van der Waals surface area (Å²) < 4.78 is 13.2. The Bertz CT molecular complexity index is 1040. The van der Waals surface area contributed by atoms with Gasteiger partial charge < -0.3 is 5.32 Å². The molecule has 4 nitrogen and oxygen atoms in total. The van der Waals surface area contributed by atoms with Crippen LogP contribution in [0.4, 0.5) is 10.1 Å². The smallest absolute Gasteiger partial charge is 0.234 e. The molecule has 0 aliphatic rings. The summed E-state index contributed by atoms with van der Waals surface area (Å²) in [7, 11) is 0. The molecule has 2 aromatic carbocycles. The Hall–Kier alpha value is -2.91. The lowest BCUT2D eigenvalue weighted by Crippen LogP contribution is -2.14. The van der Waals surface area contributed by atoms with E-state index in [0.717, 1.165) is 22.0 Å². The van der Waals surface area contributed by atoms with Gasteiger partial charge in [0.05, 0.1) is 16.8 Å². The number of fused-ring (bicyclic) bond motifs is 1. The third kappa shape index (κ3) is 3.84. The molecule has 0 saturated carbocycles. The number of aryl methyl sites for hydroxylation is 2. The van der Waals surface area contributed by atoms with Crippen LogP contribution in [0.1, 0.15) is 16.7 Å². The molecule has 0 radical (unpaired) electrons. The maximum Gasteiger partial charge on any atom is 0.234 e. The van der Waals surface area contributed by atoms with Crippen LogP contribution in [0.15, 0.2) is 47.5 Å². The zero-order valence-electron chi connectivity index (χ0n) is 14.3. The fraction of sp³-hybridized carbons (Fsp3) is 0.150. The van der Waals surface area contributed by atoms with E-state index in [0.29, 0.717) is 16.3 Å². The number of nitrogens with one attached hydrogen (secondary N) is 1. The van der Waals surface area contributed by atoms with E-state index in [1.54, 1.807) is 12.1 Å². The number of anilines is 1. The third-order valence-electron chi connectivity index (χ3n) is 4.05. The second-order valence-corrected chi connectivity index (χ2v) is 6.84. The minimum atomic E-state index is -0.413. The molecule has 1 heterocycles. The number of amides is 1. The van der Waals surface area contributed by atoms with Gasteiger partial charge in [-0.25, -0.2) is 9.37 Å². The van der Waals surface area contributed by atoms with Crippen molar-refractivity contribution in [1.82, 2.24) is 4.98 Å². The summed E-state index contributed by atoms with van der Waals surface area (Å²) in [6.07, 6.45) is 0. The van der Waals surface area contributed by atoms with Crippen molar-refractivity contribution in [1.29, 1.82) is 5.26 Å². The maximum absolute atomic E-state index is 13.2. The van der Waals surface area contributed by atoms with Crippen LogP contribution in [0.2, 0.25) is 0 Å². The molecule has 0 unspecified atom stereocenters. The molecule has 0 fully saturated rings. The summed E-state index contributed by atoms with van der Waals surface area (Å²) in [6, 6.07) is 13.6. The highest BCUT2D eigenvalue weighted by molar-refractivity contribution is 8.00. The Morgan fingerprint density at radius 2 is 2.08 bits per heavy atom. The van der Waals surface area contributed by atoms with Gasteiger partial charge in [0.15, 0.2) is 0 Å². The number of nitrogens with zero attached hydrogens (tertiary/aromatic N) is 2. The number of benzene rings is 2. The van der Waals surface area contributed by atoms with Crippen molar-refractivity contribution < 1.29 is 9.18 Å². The van der Waals surface area contributed by atoms with Gasteiger partial charge in [-0.3, -0.25) is 4.79 Å². The number of aromatic nitrogens is 1. The second-order valence-electron chi connectivity index (χ2n) is 5.88. The van der Waals surface area contributed by atoms with Crippen LogP contribution in [-0.2, 0) is 4.79 Å². The molecule has 3 aromatic rings. The van der Waals surface area contributed by atoms with Gasteiger partial charge in [-0.05, 0) is 49.2 Å². The highest BCUT2D eigenvalue weighted by atomic mass is 32.2. The molecule has 0 aliphatic carbocycles. The van der Waals surface area contributed by atoms with Gasteiger partial charge in [0.1, 0.15) is 16.9 Å². The third-order valence-corrected chi connectivity index (χ3v) is 5.04. The Morgan fingerprint density at radius 3 is 2.81 bits per heavy atom. The van der Waals surface area contributed by atoms with Crippen molar-refractivity contribution in [3.8, 4) is 6.07 Å². The van der Waals surface area contributed by atoms with E-state index in [2.05, 4.69) is 16.4 Å². The molecule has 130 valence electrons. The summed E-state index contributed by atoms with van der Waals surface area (Å²) in [5.74, 6) is -0.620. The number of nitriles is 1. The fourth-order valence-electron chi connectivity index (χ4n) is 2.55. The number of thioether (sulfide) groups is 1. The van der Waals surface area contributed by atoms with E-state index < -0.39 is 5.82 Å². The van der Waals surface area contributed by atoms with Crippen LogP contribution >= 0.6 is 11.8 Å². The van der Waals surface area contributed by atoms with E-state index >= 15 is 0 Å². The van der Waals surface area contributed by atoms with Crippen LogP contribution in [0, 0.1) is 31.0 Å². The first-order valence-corrected chi connectivity index (χ1v) is 8.96. The number of carbonyl (C=O) groups is 1. The van der Waals surface area contributed by atoms with E-state index in [9.17, 15) is 14.4 Å². The van der Waals surface area contributed by atoms with Crippen molar-refractivity contribution >= 4 is 34.3 Å². The van der Waals surface area contributed by atoms with Crippen molar-refractivity contribution in [3.63, 3.8) is 0 Å². The van der Waals surface area contributed by atoms with Crippen LogP contribution in [-0.4, -0.2) is 16.6 Å². The zero-order valence-corrected chi connectivity index (χ0v) is 15.2. The molecule has 26 heavy (non-hydrogen) atoms. The lowest BCUT2D eigenvalue weighted by molar-refractivity contribution is -0.113. The van der Waals surface area contributed by atoms with Crippen molar-refractivity contribution in [2.24, 2.45) is 0 Å². The van der Waals surface area contributed by atoms with E-state index in [4.69, 9.17) is 0 Å². The average Bonchev–Trinajstić information content (AvgIpc) is 2.62. The Morgan fingerprint density at radius 1 is 1.27 bits per heavy atom. The van der Waals surface area contributed by atoms with E-state index in [1.165, 1.54) is 30.0 Å². The zero-order chi connectivity index (χ0) is 18.7. The lowest BCUT2D eigenvalue weighted by atomic mass is 10.0. The molecule has 0 saturated heterocycles. The molecule has 0 aliphatic heterocycles. The van der Waals surface area contributed by atoms with Gasteiger partial charge in [-0.2, -0.15) is 5.26 Å². The van der Waals surface area contributed by atoms with Crippen LogP contribution in [0.3, 0.4) is 0 Å². The monoisotopic (exact) mass is 365 g/mol. The summed E-state index contributed by atoms with van der Waals surface area (Å²) in [5.41, 5.74) is 3.84. The highest BCUT2D eigenvalue weighted by Crippen LogP contribution is 2.27. The Kier molecular flexibility index (Phi) is 5.19. The summed E-state index contributed by atoms with van der Waals surface area (Å²) in [6.45, 7) is 4.00. The van der Waals surface area contributed by atoms with Gasteiger partial charge in [-0.15, -0.1) is 0 Å². The number of pyridine rings is 1. The van der Waals surface area contributed by atoms with Crippen LogP contribution < -0.4 is 5.32 Å². The molecule has 6 heteroatoms. The van der Waals surface area contributed by atoms with Crippen molar-refractivity contribution in [2.45, 2.75) is 18.9 Å². The first-order chi connectivity index (χ1) is 12.5. The maximum atomic E-state index is 13.2. The lowest BCUT2D eigenvalue weighted by Gasteiger charge is -2.09. The molecular weight excluding hydrogens is 349 g/mol. The predicted molar refractivity (Wildman–Crippen MR) is 102 cm³/mol. The normalized spacial score (nSPS) is 10.5. The summed E-state index contributed by atoms with van der Waals surface area (Å²) in [4.78, 5) is 16.7. The topological polar surface area (TPSA) is 65.8 Å². The van der Waals surface area contributed by atoms with Gasteiger partial charge in [0.2, 0.25) is 5.91 Å². The number of rotatable bonds is 4. The first kappa shape index (κ1) is 17.9. The fourth-order valence-corrected chi connectivity index (χ4v) is 3.31. The van der Waals surface area contributed by atoms with Crippen LogP contribution in [0.5, 0.6) is 0 Å². The molecule has 3 rings (SSSR count). The number of halogens is 1. The molecule has 1 aromatic heterocycles. The molecule has 0 atom stereocenters. The SMILES string of the molecule is Cc1ccc2cc(C#N)c(SCC(=O)Nc3cccc(F)c3)nc2c1C. The number of carbonyl (C=O) groups excluding carboxylic acids is 1. The van der Waals surface area contributed by atoms with Crippen molar-refractivity contribution in [3.05, 3.63) is 65.0 Å². The minimum Gasteiger partial charge on any atom is -0.325 e. The highest BCUT2D eigenvalue weighted by Gasteiger charge is 2.12. The Balaban J connectivity index is 1.80. The molecular formula is C20H16FN3OS. The standard InChI is InChI=1S/C20H16FN3OS/c1-12-6-7-14-8-15(10-22)20(24-19(14)13(12)2)26-11-18(25)23-17-5-3-4-16(21)9-17/h3-9H,11H2,1-2H3,(H,23,25). The van der Waals surface area contributed by atoms with Gasteiger partial charge in [0, 0.05) is 11.1 Å². The summed E-state index contributed by atoms with van der Waals surface area (Å²) in [5, 5.41) is 13.4. The van der Waals surface area contributed by atoms with Crippen LogP contribution in [0.25, 0.3) is 10.9 Å². The summed E-state index contributed by atoms with van der Waals surface area (Å²) >= 11 is 1.19. The van der Waals surface area contributed by atoms with Gasteiger partial charge in [0.25, 0.3) is 0 Å². The Labute approximate surface area is 155 Å². The van der Waals surface area contributed by atoms with E-state index in [-0.39, 0.29) is 11.7 Å². The second kappa shape index (κ2) is 7.54. The van der Waals surface area contributed by atoms with Gasteiger partial charge in [-0.1, -0.05) is 30.0 Å². The largest absolute Gasteiger partial charge is 0.325 e. The molecule has 0 bridgehead atoms. The number of hydrogen-bond acceptors (Lipinski definition) is 4. The van der Waals surface area contributed by atoms with E-state index in [1.807, 2.05) is 26.0 Å². The minimum absolute atomic E-state index is 0.0779. The molecule has 0 spiro atoms. The van der Waals surface area contributed by atoms with Crippen molar-refractivity contribution in [2.75, 3.05) is 11.1 Å². The van der Waals surface area contributed by atoms with Gasteiger partial charge >= 0.3 is 0 Å². The first-order valence-electron chi connectivity index (χ1n) is 7.97. The quantitative estimate of drug-likeness (QED) is 0.687. The number of hydrogen-bond donors (Lipinski definition) is 1. The molecule has 1 amide bonds. The molecule has 1 N–H and O–H groups in total. The predicted octanol–water partition coefficient (Wildman–Crippen LogP) is 4.59. The average molecular weight is 365 g/mol.